The van der Waals surface area contributed by atoms with Crippen LogP contribution in [0, 0.1) is 5.82 Å². The average Bonchev–Trinajstić information content (AvgIpc) is 2.87. The largest absolute Gasteiger partial charge is 0.342 e. The summed E-state index contributed by atoms with van der Waals surface area (Å²) in [6.45, 7) is 0. The molecule has 1 heterocycles. The molecule has 0 amide bonds. The molecule has 1 aliphatic carbocycles. The lowest BCUT2D eigenvalue weighted by Crippen LogP contribution is -2.09. The highest BCUT2D eigenvalue weighted by Crippen LogP contribution is 2.43. The molecule has 0 aliphatic heterocycles. The molecule has 0 radical (unpaired) electrons. The van der Waals surface area contributed by atoms with Gasteiger partial charge >= 0.3 is 0 Å². The van der Waals surface area contributed by atoms with Gasteiger partial charge in [-0.1, -0.05) is 11.6 Å². The van der Waals surface area contributed by atoms with Gasteiger partial charge in [-0.25, -0.2) is 18.2 Å². The molecule has 0 spiro atoms. The highest BCUT2D eigenvalue weighted by molar-refractivity contribution is 6.31. The zero-order chi connectivity index (χ0) is 12.9. The molecule has 1 unspecified atom stereocenters. The van der Waals surface area contributed by atoms with E-state index in [0.29, 0.717) is 17.8 Å². The minimum Gasteiger partial charge on any atom is -0.342 e. The van der Waals surface area contributed by atoms with Gasteiger partial charge in [0.05, 0.1) is 10.5 Å². The number of aromatic amines is 1. The molecule has 1 aromatic heterocycles. The fourth-order valence-corrected chi connectivity index (χ4v) is 2.57. The first-order valence-electron chi connectivity index (χ1n) is 5.68. The minimum atomic E-state index is -2.64. The molecular formula is C12H10ClF3N2. The normalized spacial score (nSPS) is 22.8. The van der Waals surface area contributed by atoms with Crippen molar-refractivity contribution >= 4 is 22.6 Å². The van der Waals surface area contributed by atoms with Crippen molar-refractivity contribution in [1.82, 2.24) is 9.97 Å². The summed E-state index contributed by atoms with van der Waals surface area (Å²) < 4.78 is 40.0. The number of aromatic nitrogens is 2. The molecule has 96 valence electrons. The van der Waals surface area contributed by atoms with Crippen LogP contribution < -0.4 is 0 Å². The number of hydrogen-bond acceptors (Lipinski definition) is 1. The Bertz CT molecular complexity index is 609. The Balaban J connectivity index is 2.02. The summed E-state index contributed by atoms with van der Waals surface area (Å²) >= 11 is 5.65. The Hall–Kier alpha value is -1.23. The first-order chi connectivity index (χ1) is 8.46. The number of fused-ring (bicyclic) bond motifs is 1. The molecule has 3 rings (SSSR count). The third-order valence-corrected chi connectivity index (χ3v) is 3.65. The van der Waals surface area contributed by atoms with E-state index in [1.165, 1.54) is 6.07 Å². The molecule has 1 N–H and O–H groups in total. The number of imidazole rings is 1. The number of halogens is 4. The van der Waals surface area contributed by atoms with Crippen molar-refractivity contribution in [3.05, 3.63) is 28.8 Å². The van der Waals surface area contributed by atoms with Gasteiger partial charge in [0.15, 0.2) is 5.82 Å². The smallest absolute Gasteiger partial charge is 0.248 e. The average molecular weight is 275 g/mol. The number of H-pyrrole nitrogens is 1. The lowest BCUT2D eigenvalue weighted by molar-refractivity contribution is 0.00756. The maximum Gasteiger partial charge on any atom is 0.248 e. The molecule has 1 aliphatic rings. The SMILES string of the molecule is Fc1c(Cl)ccc2[nH]c(C3CCC(F)(F)C3)nc12. The summed E-state index contributed by atoms with van der Waals surface area (Å²) in [5.74, 6) is -3.17. The van der Waals surface area contributed by atoms with Gasteiger partial charge in [0, 0.05) is 18.8 Å². The standard InChI is InChI=1S/C12H10ClF3N2/c13-7-1-2-8-10(9(7)14)18-11(17-8)6-3-4-12(15,16)5-6/h1-2,6H,3-5H2,(H,17,18). The Morgan fingerprint density at radius 3 is 2.83 bits per heavy atom. The molecule has 2 nitrogen and oxygen atoms in total. The molecular weight excluding hydrogens is 265 g/mol. The second-order valence-corrected chi connectivity index (χ2v) is 5.08. The van der Waals surface area contributed by atoms with E-state index in [-0.39, 0.29) is 29.3 Å². The lowest BCUT2D eigenvalue weighted by Gasteiger charge is -2.07. The zero-order valence-corrected chi connectivity index (χ0v) is 10.1. The van der Waals surface area contributed by atoms with Crippen LogP contribution in [0.15, 0.2) is 12.1 Å². The Kier molecular flexibility index (Phi) is 2.55. The van der Waals surface area contributed by atoms with E-state index < -0.39 is 11.7 Å². The van der Waals surface area contributed by atoms with Gasteiger partial charge in [0.1, 0.15) is 11.3 Å². The summed E-state index contributed by atoms with van der Waals surface area (Å²) in [4.78, 5) is 6.97. The van der Waals surface area contributed by atoms with Gasteiger partial charge in [-0.3, -0.25) is 0 Å². The van der Waals surface area contributed by atoms with Crippen molar-refractivity contribution in [2.45, 2.75) is 31.1 Å². The molecule has 1 atom stereocenters. The van der Waals surface area contributed by atoms with Crippen molar-refractivity contribution in [1.29, 1.82) is 0 Å². The van der Waals surface area contributed by atoms with Crippen LogP contribution in [0.4, 0.5) is 13.2 Å². The number of benzene rings is 1. The predicted octanol–water partition coefficient (Wildman–Crippen LogP) is 4.26. The van der Waals surface area contributed by atoms with E-state index in [1.807, 2.05) is 0 Å². The van der Waals surface area contributed by atoms with E-state index >= 15 is 0 Å². The molecule has 0 bridgehead atoms. The summed E-state index contributed by atoms with van der Waals surface area (Å²) in [5.41, 5.74) is 0.606. The molecule has 0 saturated heterocycles. The van der Waals surface area contributed by atoms with Crippen LogP contribution in [-0.4, -0.2) is 15.9 Å². The van der Waals surface area contributed by atoms with Crippen LogP contribution >= 0.6 is 11.6 Å². The van der Waals surface area contributed by atoms with Crippen molar-refractivity contribution in [3.63, 3.8) is 0 Å². The van der Waals surface area contributed by atoms with Gasteiger partial charge in [-0.15, -0.1) is 0 Å². The van der Waals surface area contributed by atoms with E-state index in [9.17, 15) is 13.2 Å². The van der Waals surface area contributed by atoms with Gasteiger partial charge in [0.25, 0.3) is 0 Å². The van der Waals surface area contributed by atoms with Crippen LogP contribution in [-0.2, 0) is 0 Å². The Labute approximate surface area is 106 Å². The highest BCUT2D eigenvalue weighted by atomic mass is 35.5. The van der Waals surface area contributed by atoms with E-state index in [0.717, 1.165) is 0 Å². The number of nitrogens with zero attached hydrogens (tertiary/aromatic N) is 1. The molecule has 18 heavy (non-hydrogen) atoms. The minimum absolute atomic E-state index is 0.0164. The number of rotatable bonds is 1. The molecule has 6 heteroatoms. The van der Waals surface area contributed by atoms with Gasteiger partial charge < -0.3 is 4.98 Å². The fourth-order valence-electron chi connectivity index (χ4n) is 2.41. The lowest BCUT2D eigenvalue weighted by atomic mass is 10.1. The van der Waals surface area contributed by atoms with Gasteiger partial charge in [-0.2, -0.15) is 0 Å². The monoisotopic (exact) mass is 274 g/mol. The van der Waals surface area contributed by atoms with Crippen molar-refractivity contribution in [2.75, 3.05) is 0 Å². The third-order valence-electron chi connectivity index (χ3n) is 3.35. The number of hydrogen-bond donors (Lipinski definition) is 1. The van der Waals surface area contributed by atoms with Crippen molar-refractivity contribution in [2.24, 2.45) is 0 Å². The topological polar surface area (TPSA) is 28.7 Å². The second-order valence-electron chi connectivity index (χ2n) is 4.68. The summed E-state index contributed by atoms with van der Waals surface area (Å²) in [5, 5.41) is -0.0164. The maximum atomic E-state index is 13.7. The molecule has 2 aromatic rings. The summed E-state index contributed by atoms with van der Waals surface area (Å²) in [6, 6.07) is 3.02. The van der Waals surface area contributed by atoms with E-state index in [4.69, 9.17) is 11.6 Å². The number of nitrogens with one attached hydrogen (secondary N) is 1. The Morgan fingerprint density at radius 2 is 2.17 bits per heavy atom. The van der Waals surface area contributed by atoms with Gasteiger partial charge in [0.2, 0.25) is 5.92 Å². The van der Waals surface area contributed by atoms with Crippen LogP contribution in [0.1, 0.15) is 31.0 Å². The molecule has 1 aromatic carbocycles. The van der Waals surface area contributed by atoms with E-state index in [1.54, 1.807) is 6.07 Å². The number of alkyl halides is 2. The quantitative estimate of drug-likeness (QED) is 0.827. The van der Waals surface area contributed by atoms with Crippen molar-refractivity contribution < 1.29 is 13.2 Å². The summed E-state index contributed by atoms with van der Waals surface area (Å²) in [7, 11) is 0. The second kappa shape index (κ2) is 3.88. The van der Waals surface area contributed by atoms with Crippen LogP contribution in [0.5, 0.6) is 0 Å². The highest BCUT2D eigenvalue weighted by Gasteiger charge is 2.41. The molecule has 1 saturated carbocycles. The predicted molar refractivity (Wildman–Crippen MR) is 62.6 cm³/mol. The summed E-state index contributed by atoms with van der Waals surface area (Å²) in [6.07, 6.45) is -0.0116. The van der Waals surface area contributed by atoms with Crippen LogP contribution in [0.2, 0.25) is 5.02 Å². The maximum absolute atomic E-state index is 13.7. The third kappa shape index (κ3) is 1.86. The van der Waals surface area contributed by atoms with E-state index in [2.05, 4.69) is 9.97 Å². The fraction of sp³-hybridized carbons (Fsp3) is 0.417. The van der Waals surface area contributed by atoms with Crippen LogP contribution in [0.3, 0.4) is 0 Å². The first kappa shape index (κ1) is 11.8. The van der Waals surface area contributed by atoms with Crippen LogP contribution in [0.25, 0.3) is 11.0 Å². The van der Waals surface area contributed by atoms with Gasteiger partial charge in [-0.05, 0) is 18.6 Å². The molecule has 1 fully saturated rings. The Morgan fingerprint density at radius 1 is 1.39 bits per heavy atom. The zero-order valence-electron chi connectivity index (χ0n) is 9.31. The van der Waals surface area contributed by atoms with Crippen molar-refractivity contribution in [3.8, 4) is 0 Å². The first-order valence-corrected chi connectivity index (χ1v) is 6.05.